The molecule has 3 rings (SSSR count). The van der Waals surface area contributed by atoms with Crippen molar-refractivity contribution < 1.29 is 19.1 Å². The summed E-state index contributed by atoms with van der Waals surface area (Å²) in [5, 5.41) is 5.56. The number of hydrogen-bond acceptors (Lipinski definition) is 4. The van der Waals surface area contributed by atoms with E-state index in [1.165, 1.54) is 0 Å². The minimum absolute atomic E-state index is 0.0567. The van der Waals surface area contributed by atoms with Crippen LogP contribution in [0, 0.1) is 0 Å². The Labute approximate surface area is 189 Å². The fourth-order valence-corrected chi connectivity index (χ4v) is 4.03. The molecule has 0 spiro atoms. The Morgan fingerprint density at radius 3 is 2.31 bits per heavy atom. The number of aryl methyl sites for hydroxylation is 1. The quantitative estimate of drug-likeness (QED) is 0.678. The minimum Gasteiger partial charge on any atom is -0.444 e. The minimum atomic E-state index is -0.625. The average molecular weight is 438 g/mol. The summed E-state index contributed by atoms with van der Waals surface area (Å²) in [4.78, 5) is 38.9. The van der Waals surface area contributed by atoms with E-state index in [1.807, 2.05) is 24.0 Å². The standard InChI is InChI=1S/C25H31N3O4/c1-6-28(16(2)29)22-14-12-17-15-18(11-13-19(17)22)23(30)26-20-9-7-8-10-21(20)27-24(31)32-25(3,4)5/h7-11,13,15,22H,6,12,14H2,1-5H3,(H,26,30)(H,27,31). The van der Waals surface area contributed by atoms with Crippen LogP contribution in [0.3, 0.4) is 0 Å². The predicted octanol–water partition coefficient (Wildman–Crippen LogP) is 5.14. The van der Waals surface area contributed by atoms with E-state index >= 15 is 0 Å². The van der Waals surface area contributed by atoms with E-state index in [0.29, 0.717) is 23.5 Å². The maximum absolute atomic E-state index is 12.9. The van der Waals surface area contributed by atoms with Crippen molar-refractivity contribution in [2.75, 3.05) is 17.2 Å². The Morgan fingerprint density at radius 1 is 1.06 bits per heavy atom. The second kappa shape index (κ2) is 9.42. The maximum Gasteiger partial charge on any atom is 0.412 e. The smallest absolute Gasteiger partial charge is 0.412 e. The number of hydrogen-bond donors (Lipinski definition) is 2. The van der Waals surface area contributed by atoms with Crippen molar-refractivity contribution in [1.29, 1.82) is 0 Å². The number of nitrogens with zero attached hydrogens (tertiary/aromatic N) is 1. The molecule has 3 amide bonds. The summed E-state index contributed by atoms with van der Waals surface area (Å²) < 4.78 is 5.30. The van der Waals surface area contributed by atoms with Crippen molar-refractivity contribution in [1.82, 2.24) is 4.90 Å². The first-order valence-electron chi connectivity index (χ1n) is 10.9. The lowest BCUT2D eigenvalue weighted by molar-refractivity contribution is -0.131. The van der Waals surface area contributed by atoms with Crippen LogP contribution in [0.15, 0.2) is 42.5 Å². The van der Waals surface area contributed by atoms with Gasteiger partial charge >= 0.3 is 6.09 Å². The lowest BCUT2D eigenvalue weighted by Gasteiger charge is -2.27. The highest BCUT2D eigenvalue weighted by Crippen LogP contribution is 2.36. The molecular weight excluding hydrogens is 406 g/mol. The van der Waals surface area contributed by atoms with Crippen LogP contribution in [-0.2, 0) is 16.0 Å². The molecule has 7 nitrogen and oxygen atoms in total. The molecule has 1 atom stereocenters. The number of fused-ring (bicyclic) bond motifs is 1. The number of ether oxygens (including phenoxy) is 1. The number of anilines is 2. The van der Waals surface area contributed by atoms with Gasteiger partial charge in [0.05, 0.1) is 17.4 Å². The van der Waals surface area contributed by atoms with Crippen LogP contribution in [0.5, 0.6) is 0 Å². The normalized spacial score (nSPS) is 15.0. The molecule has 0 radical (unpaired) electrons. The summed E-state index contributed by atoms with van der Waals surface area (Å²) in [6, 6.07) is 12.7. The zero-order chi connectivity index (χ0) is 23.5. The summed E-state index contributed by atoms with van der Waals surface area (Å²) in [7, 11) is 0. The van der Waals surface area contributed by atoms with Gasteiger partial charge in [-0.05, 0) is 75.9 Å². The number of para-hydroxylation sites is 2. The van der Waals surface area contributed by atoms with Gasteiger partial charge in [0.2, 0.25) is 5.91 Å². The highest BCUT2D eigenvalue weighted by atomic mass is 16.6. The number of rotatable bonds is 5. The van der Waals surface area contributed by atoms with Crippen LogP contribution >= 0.6 is 0 Å². The molecular formula is C25H31N3O4. The van der Waals surface area contributed by atoms with E-state index in [9.17, 15) is 14.4 Å². The highest BCUT2D eigenvalue weighted by Gasteiger charge is 2.29. The summed E-state index contributed by atoms with van der Waals surface area (Å²) in [5.41, 5.74) is 3.03. The lowest BCUT2D eigenvalue weighted by atomic mass is 10.0. The third-order valence-electron chi connectivity index (χ3n) is 5.38. The third-order valence-corrected chi connectivity index (χ3v) is 5.38. The zero-order valence-corrected chi connectivity index (χ0v) is 19.3. The molecule has 32 heavy (non-hydrogen) atoms. The van der Waals surface area contributed by atoms with Gasteiger partial charge < -0.3 is 15.0 Å². The number of nitrogens with one attached hydrogen (secondary N) is 2. The van der Waals surface area contributed by atoms with E-state index in [2.05, 4.69) is 10.6 Å². The van der Waals surface area contributed by atoms with E-state index in [0.717, 1.165) is 24.0 Å². The fourth-order valence-electron chi connectivity index (χ4n) is 4.03. The van der Waals surface area contributed by atoms with Crippen molar-refractivity contribution in [3.8, 4) is 0 Å². The van der Waals surface area contributed by atoms with Gasteiger partial charge in [-0.2, -0.15) is 0 Å². The second-order valence-corrected chi connectivity index (χ2v) is 8.90. The molecule has 2 aromatic carbocycles. The molecule has 0 aliphatic heterocycles. The lowest BCUT2D eigenvalue weighted by Crippen LogP contribution is -2.31. The summed E-state index contributed by atoms with van der Waals surface area (Å²) in [6.07, 6.45) is 1.09. The van der Waals surface area contributed by atoms with Gasteiger partial charge in [-0.15, -0.1) is 0 Å². The predicted molar refractivity (Wildman–Crippen MR) is 125 cm³/mol. The molecule has 0 aromatic heterocycles. The molecule has 7 heteroatoms. The SMILES string of the molecule is CCN(C(C)=O)C1CCc2cc(C(=O)Nc3ccccc3NC(=O)OC(C)(C)C)ccc21. The van der Waals surface area contributed by atoms with Crippen molar-refractivity contribution in [3.05, 3.63) is 59.2 Å². The Hall–Kier alpha value is -3.35. The molecule has 2 aromatic rings. The van der Waals surface area contributed by atoms with E-state index in [4.69, 9.17) is 4.74 Å². The number of benzene rings is 2. The highest BCUT2D eigenvalue weighted by molar-refractivity contribution is 6.07. The van der Waals surface area contributed by atoms with Crippen LogP contribution in [0.2, 0.25) is 0 Å². The van der Waals surface area contributed by atoms with Gasteiger partial charge in [0.25, 0.3) is 5.91 Å². The fraction of sp³-hybridized carbons (Fsp3) is 0.400. The molecule has 0 heterocycles. The summed E-state index contributed by atoms with van der Waals surface area (Å²) in [5.74, 6) is -0.213. The van der Waals surface area contributed by atoms with Crippen LogP contribution in [0.25, 0.3) is 0 Å². The first-order valence-corrected chi connectivity index (χ1v) is 10.9. The molecule has 170 valence electrons. The Bertz CT molecular complexity index is 1030. The Morgan fingerprint density at radius 2 is 1.72 bits per heavy atom. The van der Waals surface area contributed by atoms with Crippen molar-refractivity contribution >= 4 is 29.3 Å². The number of carbonyl (C=O) groups is 3. The molecule has 1 unspecified atom stereocenters. The van der Waals surface area contributed by atoms with Crippen molar-refractivity contribution in [3.63, 3.8) is 0 Å². The van der Waals surface area contributed by atoms with Crippen LogP contribution in [-0.4, -0.2) is 35.0 Å². The van der Waals surface area contributed by atoms with Crippen LogP contribution in [0.4, 0.5) is 16.2 Å². The van der Waals surface area contributed by atoms with Gasteiger partial charge in [-0.1, -0.05) is 18.2 Å². The first-order chi connectivity index (χ1) is 15.1. The van der Waals surface area contributed by atoms with E-state index in [-0.39, 0.29) is 17.9 Å². The Kier molecular flexibility index (Phi) is 6.87. The molecule has 0 saturated heterocycles. The molecule has 0 fully saturated rings. The maximum atomic E-state index is 12.9. The van der Waals surface area contributed by atoms with Gasteiger partial charge in [0, 0.05) is 19.0 Å². The number of carbonyl (C=O) groups excluding carboxylic acids is 3. The van der Waals surface area contributed by atoms with Crippen LogP contribution in [0.1, 0.15) is 68.6 Å². The Balaban J connectivity index is 1.75. The first kappa shape index (κ1) is 23.3. The zero-order valence-electron chi connectivity index (χ0n) is 19.3. The van der Waals surface area contributed by atoms with Crippen molar-refractivity contribution in [2.45, 2.75) is 59.1 Å². The molecule has 1 aliphatic rings. The molecule has 0 saturated carbocycles. The van der Waals surface area contributed by atoms with Gasteiger partial charge in [0.15, 0.2) is 0 Å². The molecule has 1 aliphatic carbocycles. The summed E-state index contributed by atoms with van der Waals surface area (Å²) in [6.45, 7) is 9.58. The monoisotopic (exact) mass is 437 g/mol. The summed E-state index contributed by atoms with van der Waals surface area (Å²) >= 11 is 0. The molecule has 2 N–H and O–H groups in total. The topological polar surface area (TPSA) is 87.7 Å². The van der Waals surface area contributed by atoms with Gasteiger partial charge in [0.1, 0.15) is 5.60 Å². The van der Waals surface area contributed by atoms with Crippen LogP contribution < -0.4 is 10.6 Å². The second-order valence-electron chi connectivity index (χ2n) is 8.90. The van der Waals surface area contributed by atoms with Crippen molar-refractivity contribution in [2.24, 2.45) is 0 Å². The van der Waals surface area contributed by atoms with Gasteiger partial charge in [-0.25, -0.2) is 4.79 Å². The van der Waals surface area contributed by atoms with Gasteiger partial charge in [-0.3, -0.25) is 14.9 Å². The average Bonchev–Trinajstić information content (AvgIpc) is 3.11. The van der Waals surface area contributed by atoms with E-state index < -0.39 is 11.7 Å². The van der Waals surface area contributed by atoms with E-state index in [1.54, 1.807) is 58.0 Å². The third kappa shape index (κ3) is 5.46. The largest absolute Gasteiger partial charge is 0.444 e. The number of amides is 3. The molecule has 0 bridgehead atoms.